The Morgan fingerprint density at radius 2 is 1.57 bits per heavy atom. The predicted molar refractivity (Wildman–Crippen MR) is 54.9 cm³/mol. The van der Waals surface area contributed by atoms with Gasteiger partial charge in [-0.3, -0.25) is 0 Å². The molecule has 76 valence electrons. The summed E-state index contributed by atoms with van der Waals surface area (Å²) in [5.41, 5.74) is 1.22. The molecule has 1 nitrogen and oxygen atoms in total. The Hall–Kier alpha value is -0.821. The Labute approximate surface area is 95.6 Å². The van der Waals surface area contributed by atoms with Crippen molar-refractivity contribution in [2.45, 2.75) is 6.42 Å². The minimum atomic E-state index is 0. The van der Waals surface area contributed by atoms with Gasteiger partial charge in [0, 0.05) is 6.61 Å². The van der Waals surface area contributed by atoms with Crippen LogP contribution in [0.2, 0.25) is 0 Å². The van der Waals surface area contributed by atoms with Crippen molar-refractivity contribution in [1.29, 1.82) is 0 Å². The molecule has 14 heavy (non-hydrogen) atoms. The van der Waals surface area contributed by atoms with Gasteiger partial charge in [0.15, 0.2) is 0 Å². The van der Waals surface area contributed by atoms with Gasteiger partial charge in [-0.15, -0.1) is 0 Å². The van der Waals surface area contributed by atoms with Gasteiger partial charge in [0.2, 0.25) is 0 Å². The molecule has 0 saturated heterocycles. The SMILES string of the molecule is OCC[c-]1cccc1.[Fe+2].c1cc[cH-]c1. The number of rotatable bonds is 2. The molecule has 2 heteroatoms. The summed E-state index contributed by atoms with van der Waals surface area (Å²) >= 11 is 0. The molecule has 0 aromatic heterocycles. The van der Waals surface area contributed by atoms with Crippen molar-refractivity contribution < 1.29 is 22.2 Å². The van der Waals surface area contributed by atoms with Crippen LogP contribution < -0.4 is 0 Å². The quantitative estimate of drug-likeness (QED) is 0.620. The summed E-state index contributed by atoms with van der Waals surface area (Å²) in [6.45, 7) is 0.254. The molecule has 0 unspecified atom stereocenters. The standard InChI is InChI=1S/C7H9O.C5H5.Fe/c8-6-5-7-3-1-2-4-7;1-2-4-5-3-1;/h1-4,8H,5-6H2;1-5H;/q2*-1;+2. The Morgan fingerprint density at radius 3 is 1.93 bits per heavy atom. The van der Waals surface area contributed by atoms with Gasteiger partial charge >= 0.3 is 17.1 Å². The molecule has 0 atom stereocenters. The van der Waals surface area contributed by atoms with Gasteiger partial charge in [-0.05, 0) is 0 Å². The van der Waals surface area contributed by atoms with Crippen molar-refractivity contribution in [3.8, 4) is 0 Å². The molecule has 0 saturated carbocycles. The first kappa shape index (κ1) is 13.2. The van der Waals surface area contributed by atoms with Gasteiger partial charge in [0.1, 0.15) is 0 Å². The van der Waals surface area contributed by atoms with Crippen LogP contribution in [0.15, 0.2) is 54.6 Å². The first-order valence-electron chi connectivity index (χ1n) is 4.41. The van der Waals surface area contributed by atoms with Crippen LogP contribution in [0, 0.1) is 0 Å². The monoisotopic (exact) mass is 230 g/mol. The largest absolute Gasteiger partial charge is 2.00 e. The van der Waals surface area contributed by atoms with Crippen LogP contribution in [-0.4, -0.2) is 11.7 Å². The molecular weight excluding hydrogens is 216 g/mol. The van der Waals surface area contributed by atoms with Gasteiger partial charge in [-0.2, -0.15) is 35.9 Å². The van der Waals surface area contributed by atoms with Crippen molar-refractivity contribution in [2.75, 3.05) is 6.61 Å². The fourth-order valence-corrected chi connectivity index (χ4v) is 1.03. The molecular formula is C12H14FeO. The second-order valence-electron chi connectivity index (χ2n) is 2.73. The third-order valence-corrected chi connectivity index (χ3v) is 1.69. The molecule has 0 radical (unpaired) electrons. The number of aliphatic hydroxyl groups excluding tert-OH is 1. The molecule has 0 heterocycles. The second-order valence-corrected chi connectivity index (χ2v) is 2.73. The Balaban J connectivity index is 0.000000246. The molecule has 2 rings (SSSR count). The number of aliphatic hydroxyl groups is 1. The third kappa shape index (κ3) is 5.76. The Kier molecular flexibility index (Phi) is 8.25. The molecule has 0 bridgehead atoms. The van der Waals surface area contributed by atoms with Crippen LogP contribution in [0.25, 0.3) is 0 Å². The summed E-state index contributed by atoms with van der Waals surface area (Å²) in [5, 5.41) is 8.44. The van der Waals surface area contributed by atoms with Gasteiger partial charge in [0.05, 0.1) is 0 Å². The second kappa shape index (κ2) is 8.76. The maximum Gasteiger partial charge on any atom is 2.00 e. The summed E-state index contributed by atoms with van der Waals surface area (Å²) in [6.07, 6.45) is 0.785. The molecule has 0 fully saturated rings. The first-order valence-corrected chi connectivity index (χ1v) is 4.41. The van der Waals surface area contributed by atoms with Gasteiger partial charge in [-0.1, -0.05) is 6.42 Å². The zero-order valence-electron chi connectivity index (χ0n) is 7.91. The summed E-state index contributed by atoms with van der Waals surface area (Å²) < 4.78 is 0. The van der Waals surface area contributed by atoms with E-state index in [-0.39, 0.29) is 23.7 Å². The van der Waals surface area contributed by atoms with E-state index in [1.807, 2.05) is 54.6 Å². The predicted octanol–water partition coefficient (Wildman–Crippen LogP) is 2.34. The fraction of sp³-hybridized carbons (Fsp3) is 0.167. The summed E-state index contributed by atoms with van der Waals surface area (Å²) in [6, 6.07) is 18.0. The molecule has 2 aromatic carbocycles. The molecule has 1 N–H and O–H groups in total. The third-order valence-electron chi connectivity index (χ3n) is 1.69. The van der Waals surface area contributed by atoms with Crippen LogP contribution in [0.4, 0.5) is 0 Å². The maximum atomic E-state index is 8.44. The molecule has 0 amide bonds. The minimum Gasteiger partial charge on any atom is -0.397 e. The van der Waals surface area contributed by atoms with Crippen molar-refractivity contribution in [1.82, 2.24) is 0 Å². The van der Waals surface area contributed by atoms with E-state index in [9.17, 15) is 0 Å². The molecule has 0 aliphatic rings. The van der Waals surface area contributed by atoms with Gasteiger partial charge in [-0.25, -0.2) is 24.3 Å². The van der Waals surface area contributed by atoms with Crippen LogP contribution in [0.5, 0.6) is 0 Å². The molecule has 0 aliphatic heterocycles. The molecule has 2 aromatic rings. The average molecular weight is 230 g/mol. The van der Waals surface area contributed by atoms with E-state index in [1.54, 1.807) is 0 Å². The van der Waals surface area contributed by atoms with E-state index in [2.05, 4.69) is 0 Å². The van der Waals surface area contributed by atoms with Crippen LogP contribution in [0.1, 0.15) is 5.56 Å². The van der Waals surface area contributed by atoms with Crippen molar-refractivity contribution in [2.24, 2.45) is 0 Å². The first-order chi connectivity index (χ1) is 6.43. The van der Waals surface area contributed by atoms with E-state index < -0.39 is 0 Å². The van der Waals surface area contributed by atoms with Gasteiger partial charge in [0.25, 0.3) is 0 Å². The minimum absolute atomic E-state index is 0. The smallest absolute Gasteiger partial charge is 0.397 e. The van der Waals surface area contributed by atoms with Crippen LogP contribution in [-0.2, 0) is 23.5 Å². The topological polar surface area (TPSA) is 20.2 Å². The van der Waals surface area contributed by atoms with E-state index in [4.69, 9.17) is 5.11 Å². The summed E-state index contributed by atoms with van der Waals surface area (Å²) in [5.74, 6) is 0. The zero-order valence-corrected chi connectivity index (χ0v) is 9.02. The zero-order chi connectivity index (χ0) is 9.36. The number of hydrogen-bond acceptors (Lipinski definition) is 1. The van der Waals surface area contributed by atoms with Crippen molar-refractivity contribution in [3.63, 3.8) is 0 Å². The van der Waals surface area contributed by atoms with Crippen LogP contribution in [0.3, 0.4) is 0 Å². The average Bonchev–Trinajstić information content (AvgIpc) is 2.79. The van der Waals surface area contributed by atoms with E-state index in [0.717, 1.165) is 6.42 Å². The van der Waals surface area contributed by atoms with Crippen molar-refractivity contribution >= 4 is 0 Å². The molecule has 0 spiro atoms. The fourth-order valence-electron chi connectivity index (χ4n) is 1.03. The summed E-state index contributed by atoms with van der Waals surface area (Å²) in [7, 11) is 0. The Morgan fingerprint density at radius 1 is 1.00 bits per heavy atom. The van der Waals surface area contributed by atoms with E-state index >= 15 is 0 Å². The maximum absolute atomic E-state index is 8.44. The number of hydrogen-bond donors (Lipinski definition) is 1. The van der Waals surface area contributed by atoms with Crippen LogP contribution >= 0.6 is 0 Å². The van der Waals surface area contributed by atoms with Gasteiger partial charge < -0.3 is 5.11 Å². The van der Waals surface area contributed by atoms with E-state index in [0.29, 0.717) is 0 Å². The van der Waals surface area contributed by atoms with E-state index in [1.165, 1.54) is 5.56 Å². The summed E-state index contributed by atoms with van der Waals surface area (Å²) in [4.78, 5) is 0. The normalized spacial score (nSPS) is 8.36. The van der Waals surface area contributed by atoms with Crippen molar-refractivity contribution in [3.05, 3.63) is 60.2 Å². The molecule has 0 aliphatic carbocycles. The Bertz CT molecular complexity index is 254.